The van der Waals surface area contributed by atoms with Gasteiger partial charge >= 0.3 is 0 Å². The van der Waals surface area contributed by atoms with Gasteiger partial charge in [-0.15, -0.1) is 12.4 Å². The molecule has 2 unspecified atom stereocenters. The smallest absolute Gasteiger partial charge is 0.220 e. The number of ether oxygens (including phenoxy) is 1. The van der Waals surface area contributed by atoms with Gasteiger partial charge in [-0.3, -0.25) is 4.79 Å². The van der Waals surface area contributed by atoms with Crippen LogP contribution in [0.5, 0.6) is 5.75 Å². The topological polar surface area (TPSA) is 64.3 Å². The van der Waals surface area contributed by atoms with Crippen LogP contribution in [0.1, 0.15) is 31.7 Å². The van der Waals surface area contributed by atoms with Gasteiger partial charge < -0.3 is 15.8 Å². The molecule has 1 aromatic carbocycles. The van der Waals surface area contributed by atoms with Crippen LogP contribution < -0.4 is 15.8 Å². The molecule has 4 nitrogen and oxygen atoms in total. The lowest BCUT2D eigenvalue weighted by Crippen LogP contribution is -2.39. The molecule has 22 heavy (non-hydrogen) atoms. The van der Waals surface area contributed by atoms with Gasteiger partial charge in [-0.1, -0.05) is 25.1 Å². The minimum atomic E-state index is 0. The zero-order valence-corrected chi connectivity index (χ0v) is 14.2. The summed E-state index contributed by atoms with van der Waals surface area (Å²) in [6.45, 7) is 2.69. The summed E-state index contributed by atoms with van der Waals surface area (Å²) in [4.78, 5) is 11.9. The highest BCUT2D eigenvalue weighted by Gasteiger charge is 2.28. The SMILES string of the molecule is COc1ccccc1CC(C)CC(=O)NCC(N)C1CC1.Cl. The molecule has 0 heterocycles. The maximum atomic E-state index is 11.9. The zero-order chi connectivity index (χ0) is 15.2. The van der Waals surface area contributed by atoms with E-state index in [2.05, 4.69) is 18.3 Å². The predicted molar refractivity (Wildman–Crippen MR) is 91.4 cm³/mol. The van der Waals surface area contributed by atoms with Crippen LogP contribution in [0.4, 0.5) is 0 Å². The molecule has 2 atom stereocenters. The summed E-state index contributed by atoms with van der Waals surface area (Å²) in [5, 5.41) is 2.95. The molecule has 1 aromatic rings. The molecule has 2 rings (SSSR count). The van der Waals surface area contributed by atoms with E-state index in [0.29, 0.717) is 18.9 Å². The summed E-state index contributed by atoms with van der Waals surface area (Å²) in [6.07, 6.45) is 3.78. The van der Waals surface area contributed by atoms with Gasteiger partial charge in [0.25, 0.3) is 0 Å². The average Bonchev–Trinajstić information content (AvgIpc) is 3.30. The number of carbonyl (C=O) groups excluding carboxylic acids is 1. The Balaban J connectivity index is 0.00000242. The second kappa shape index (κ2) is 9.01. The Labute approximate surface area is 139 Å². The molecule has 0 aliphatic heterocycles. The fourth-order valence-electron chi connectivity index (χ4n) is 2.63. The molecule has 1 aliphatic rings. The van der Waals surface area contributed by atoms with Gasteiger partial charge in [0.05, 0.1) is 7.11 Å². The van der Waals surface area contributed by atoms with Gasteiger partial charge in [-0.05, 0) is 42.7 Å². The lowest BCUT2D eigenvalue weighted by molar-refractivity contribution is -0.121. The van der Waals surface area contributed by atoms with E-state index < -0.39 is 0 Å². The van der Waals surface area contributed by atoms with E-state index in [0.717, 1.165) is 17.7 Å². The van der Waals surface area contributed by atoms with Crippen molar-refractivity contribution in [3.8, 4) is 5.75 Å². The number of rotatable bonds is 8. The molecular formula is C17H27ClN2O2. The second-order valence-corrected chi connectivity index (χ2v) is 6.13. The summed E-state index contributed by atoms with van der Waals surface area (Å²) >= 11 is 0. The molecule has 1 aliphatic carbocycles. The van der Waals surface area contributed by atoms with Crippen LogP contribution >= 0.6 is 12.4 Å². The number of nitrogens with one attached hydrogen (secondary N) is 1. The first-order chi connectivity index (χ1) is 10.1. The molecule has 1 saturated carbocycles. The van der Waals surface area contributed by atoms with Crippen molar-refractivity contribution in [1.82, 2.24) is 5.32 Å². The summed E-state index contributed by atoms with van der Waals surface area (Å²) in [5.74, 6) is 1.88. The van der Waals surface area contributed by atoms with Crippen molar-refractivity contribution in [3.05, 3.63) is 29.8 Å². The van der Waals surface area contributed by atoms with Gasteiger partial charge in [0, 0.05) is 19.0 Å². The minimum Gasteiger partial charge on any atom is -0.496 e. The first kappa shape index (κ1) is 18.8. The van der Waals surface area contributed by atoms with E-state index in [1.807, 2.05) is 18.2 Å². The van der Waals surface area contributed by atoms with Crippen molar-refractivity contribution in [2.45, 2.75) is 38.6 Å². The van der Waals surface area contributed by atoms with Gasteiger partial charge in [0.2, 0.25) is 5.91 Å². The van der Waals surface area contributed by atoms with Crippen molar-refractivity contribution in [2.75, 3.05) is 13.7 Å². The van der Waals surface area contributed by atoms with Crippen molar-refractivity contribution in [1.29, 1.82) is 0 Å². The molecule has 0 bridgehead atoms. The Bertz CT molecular complexity index is 477. The van der Waals surface area contributed by atoms with Crippen LogP contribution in [-0.2, 0) is 11.2 Å². The number of benzene rings is 1. The Kier molecular flexibility index (Phi) is 7.69. The number of nitrogens with two attached hydrogens (primary N) is 1. The van der Waals surface area contributed by atoms with Crippen LogP contribution in [0.15, 0.2) is 24.3 Å². The van der Waals surface area contributed by atoms with Crippen LogP contribution in [0, 0.1) is 11.8 Å². The number of hydrogen-bond acceptors (Lipinski definition) is 3. The number of methoxy groups -OCH3 is 1. The van der Waals surface area contributed by atoms with E-state index in [1.54, 1.807) is 7.11 Å². The highest BCUT2D eigenvalue weighted by atomic mass is 35.5. The first-order valence-electron chi connectivity index (χ1n) is 7.74. The highest BCUT2D eigenvalue weighted by molar-refractivity contribution is 5.85. The molecule has 0 saturated heterocycles. The molecule has 1 amide bonds. The lowest BCUT2D eigenvalue weighted by Gasteiger charge is -2.15. The molecule has 3 N–H and O–H groups in total. The van der Waals surface area contributed by atoms with E-state index in [9.17, 15) is 4.79 Å². The van der Waals surface area contributed by atoms with E-state index in [4.69, 9.17) is 10.5 Å². The zero-order valence-electron chi connectivity index (χ0n) is 13.4. The Morgan fingerprint density at radius 1 is 1.41 bits per heavy atom. The average molecular weight is 327 g/mol. The van der Waals surface area contributed by atoms with Crippen LogP contribution in [0.2, 0.25) is 0 Å². The molecular weight excluding hydrogens is 300 g/mol. The van der Waals surface area contributed by atoms with Gasteiger partial charge in [0.1, 0.15) is 5.75 Å². The summed E-state index contributed by atoms with van der Waals surface area (Å²) in [5.41, 5.74) is 7.14. The Morgan fingerprint density at radius 3 is 2.73 bits per heavy atom. The van der Waals surface area contributed by atoms with Crippen molar-refractivity contribution >= 4 is 18.3 Å². The summed E-state index contributed by atoms with van der Waals surface area (Å²) in [6, 6.07) is 8.09. The number of carbonyl (C=O) groups is 1. The van der Waals surface area contributed by atoms with Gasteiger partial charge in [-0.25, -0.2) is 0 Å². The van der Waals surface area contributed by atoms with Crippen molar-refractivity contribution < 1.29 is 9.53 Å². The molecule has 124 valence electrons. The highest BCUT2D eigenvalue weighted by Crippen LogP contribution is 2.31. The second-order valence-electron chi connectivity index (χ2n) is 6.13. The normalized spacial score (nSPS) is 16.3. The van der Waals surface area contributed by atoms with Crippen molar-refractivity contribution in [3.63, 3.8) is 0 Å². The molecule has 5 heteroatoms. The van der Waals surface area contributed by atoms with Crippen molar-refractivity contribution in [2.24, 2.45) is 17.6 Å². The molecule has 1 fully saturated rings. The Hall–Kier alpha value is -1.26. The fourth-order valence-corrected chi connectivity index (χ4v) is 2.63. The number of hydrogen-bond donors (Lipinski definition) is 2. The number of halogens is 1. The lowest BCUT2D eigenvalue weighted by atomic mass is 9.97. The number of amides is 1. The maximum Gasteiger partial charge on any atom is 0.220 e. The van der Waals surface area contributed by atoms with E-state index in [1.165, 1.54) is 12.8 Å². The summed E-state index contributed by atoms with van der Waals surface area (Å²) in [7, 11) is 1.68. The quantitative estimate of drug-likeness (QED) is 0.771. The number of para-hydroxylation sites is 1. The van der Waals surface area contributed by atoms with Crippen LogP contribution in [0.25, 0.3) is 0 Å². The minimum absolute atomic E-state index is 0. The first-order valence-corrected chi connectivity index (χ1v) is 7.74. The Morgan fingerprint density at radius 2 is 2.09 bits per heavy atom. The maximum absolute atomic E-state index is 11.9. The largest absolute Gasteiger partial charge is 0.496 e. The van der Waals surface area contributed by atoms with E-state index >= 15 is 0 Å². The molecule has 0 spiro atoms. The van der Waals surface area contributed by atoms with E-state index in [-0.39, 0.29) is 30.3 Å². The third-order valence-corrected chi connectivity index (χ3v) is 4.06. The fraction of sp³-hybridized carbons (Fsp3) is 0.588. The standard InChI is InChI=1S/C17H26N2O2.ClH/c1-12(9-14-5-3-4-6-16(14)21-2)10-17(20)19-11-15(18)13-7-8-13;/h3-6,12-13,15H,7-11,18H2,1-2H3,(H,19,20);1H. The third-order valence-electron chi connectivity index (χ3n) is 4.06. The van der Waals surface area contributed by atoms with Crippen LogP contribution in [-0.4, -0.2) is 25.6 Å². The predicted octanol–water partition coefficient (Wildman–Crippen LogP) is 2.54. The third kappa shape index (κ3) is 5.85. The van der Waals surface area contributed by atoms with Gasteiger partial charge in [-0.2, -0.15) is 0 Å². The molecule has 0 radical (unpaired) electrons. The van der Waals surface area contributed by atoms with Gasteiger partial charge in [0.15, 0.2) is 0 Å². The summed E-state index contributed by atoms with van der Waals surface area (Å²) < 4.78 is 5.35. The van der Waals surface area contributed by atoms with Crippen LogP contribution in [0.3, 0.4) is 0 Å². The molecule has 0 aromatic heterocycles. The monoisotopic (exact) mass is 326 g/mol.